The Bertz CT molecular complexity index is 626. The van der Waals surface area contributed by atoms with E-state index in [4.69, 9.17) is 9.84 Å². The third-order valence-electron chi connectivity index (χ3n) is 3.00. The predicted molar refractivity (Wildman–Crippen MR) is 77.0 cm³/mol. The quantitative estimate of drug-likeness (QED) is 0.808. The highest BCUT2D eigenvalue weighted by atomic mass is 32.2. The van der Waals surface area contributed by atoms with E-state index < -0.39 is 10.0 Å². The molecule has 21 heavy (non-hydrogen) atoms. The number of aliphatic hydroxyl groups is 1. The SMILES string of the molecule is O=S(=O)(c1cncc(C#CCCO)c1)N1CCCOCC1. The lowest BCUT2D eigenvalue weighted by atomic mass is 10.3. The fourth-order valence-electron chi connectivity index (χ4n) is 1.96. The predicted octanol–water partition coefficient (Wildman–Crippen LogP) is 0.227. The van der Waals surface area contributed by atoms with Gasteiger partial charge in [0, 0.05) is 44.1 Å². The third-order valence-corrected chi connectivity index (χ3v) is 4.87. The van der Waals surface area contributed by atoms with Gasteiger partial charge in [0.05, 0.1) is 13.2 Å². The van der Waals surface area contributed by atoms with E-state index in [1.54, 1.807) is 0 Å². The summed E-state index contributed by atoms with van der Waals surface area (Å²) in [6, 6.07) is 1.51. The molecule has 6 nitrogen and oxygen atoms in total. The lowest BCUT2D eigenvalue weighted by molar-refractivity contribution is 0.148. The van der Waals surface area contributed by atoms with Crippen LogP contribution in [0.5, 0.6) is 0 Å². The van der Waals surface area contributed by atoms with E-state index in [-0.39, 0.29) is 11.5 Å². The number of hydrogen-bond donors (Lipinski definition) is 1. The van der Waals surface area contributed by atoms with Gasteiger partial charge in [-0.2, -0.15) is 4.31 Å². The Balaban J connectivity index is 2.23. The summed E-state index contributed by atoms with van der Waals surface area (Å²) in [5, 5.41) is 8.69. The van der Waals surface area contributed by atoms with Crippen LogP contribution in [-0.2, 0) is 14.8 Å². The zero-order chi connectivity index (χ0) is 15.1. The van der Waals surface area contributed by atoms with E-state index in [0.29, 0.717) is 44.7 Å². The van der Waals surface area contributed by atoms with E-state index in [1.165, 1.54) is 22.8 Å². The van der Waals surface area contributed by atoms with E-state index in [0.717, 1.165) is 0 Å². The highest BCUT2D eigenvalue weighted by Crippen LogP contribution is 2.17. The number of hydrogen-bond acceptors (Lipinski definition) is 5. The number of pyridine rings is 1. The smallest absolute Gasteiger partial charge is 0.244 e. The van der Waals surface area contributed by atoms with Gasteiger partial charge in [-0.15, -0.1) is 0 Å². The van der Waals surface area contributed by atoms with Crippen LogP contribution in [0.4, 0.5) is 0 Å². The molecule has 2 rings (SSSR count). The normalized spacial score (nSPS) is 16.8. The van der Waals surface area contributed by atoms with Crippen molar-refractivity contribution in [1.82, 2.24) is 9.29 Å². The van der Waals surface area contributed by atoms with Crippen LogP contribution in [0.3, 0.4) is 0 Å². The molecule has 0 unspecified atom stereocenters. The molecule has 0 amide bonds. The molecule has 1 fully saturated rings. The van der Waals surface area contributed by atoms with E-state index in [1.807, 2.05) is 0 Å². The molecule has 0 radical (unpaired) electrons. The molecular formula is C14H18N2O4S. The van der Waals surface area contributed by atoms with Crippen molar-refractivity contribution in [2.45, 2.75) is 17.7 Å². The molecule has 1 aliphatic rings. The van der Waals surface area contributed by atoms with Crippen LogP contribution in [0.25, 0.3) is 0 Å². The Morgan fingerprint density at radius 3 is 3.00 bits per heavy atom. The molecule has 0 aromatic carbocycles. The van der Waals surface area contributed by atoms with Crippen molar-refractivity contribution < 1.29 is 18.3 Å². The van der Waals surface area contributed by atoms with Crippen molar-refractivity contribution >= 4 is 10.0 Å². The number of aromatic nitrogens is 1. The lowest BCUT2D eigenvalue weighted by Crippen LogP contribution is -2.33. The Kier molecular flexibility index (Phi) is 5.70. The van der Waals surface area contributed by atoms with Gasteiger partial charge >= 0.3 is 0 Å². The maximum Gasteiger partial charge on any atom is 0.244 e. The molecule has 0 bridgehead atoms. The first-order chi connectivity index (χ1) is 10.1. The van der Waals surface area contributed by atoms with Crippen molar-refractivity contribution in [3.8, 4) is 11.8 Å². The van der Waals surface area contributed by atoms with Gasteiger partial charge in [-0.1, -0.05) is 11.8 Å². The summed E-state index contributed by atoms with van der Waals surface area (Å²) in [4.78, 5) is 4.08. The summed E-state index contributed by atoms with van der Waals surface area (Å²) >= 11 is 0. The second-order valence-electron chi connectivity index (χ2n) is 4.55. The van der Waals surface area contributed by atoms with E-state index in [2.05, 4.69) is 16.8 Å². The first kappa shape index (κ1) is 15.9. The highest BCUT2D eigenvalue weighted by Gasteiger charge is 2.25. The Morgan fingerprint density at radius 2 is 2.19 bits per heavy atom. The average Bonchev–Trinajstić information content (AvgIpc) is 2.77. The van der Waals surface area contributed by atoms with Crippen LogP contribution in [0, 0.1) is 11.8 Å². The fourth-order valence-corrected chi connectivity index (χ4v) is 3.41. The minimum absolute atomic E-state index is 0.0216. The van der Waals surface area contributed by atoms with E-state index in [9.17, 15) is 8.42 Å². The van der Waals surface area contributed by atoms with Crippen LogP contribution in [0.1, 0.15) is 18.4 Å². The van der Waals surface area contributed by atoms with Crippen LogP contribution in [0.2, 0.25) is 0 Å². The summed E-state index contributed by atoms with van der Waals surface area (Å²) < 4.78 is 31.8. The molecule has 7 heteroatoms. The number of sulfonamides is 1. The van der Waals surface area contributed by atoms with Gasteiger partial charge in [-0.05, 0) is 12.5 Å². The van der Waals surface area contributed by atoms with Crippen molar-refractivity contribution in [3.05, 3.63) is 24.0 Å². The molecule has 0 saturated carbocycles. The molecule has 1 aliphatic heterocycles. The molecule has 2 heterocycles. The van der Waals surface area contributed by atoms with Gasteiger partial charge < -0.3 is 9.84 Å². The van der Waals surface area contributed by atoms with Crippen LogP contribution in [0.15, 0.2) is 23.4 Å². The standard InChI is InChI=1S/C14H18N2O4S/c17-7-2-1-4-13-10-14(12-15-11-13)21(18,19)16-5-3-8-20-9-6-16/h10-12,17H,2-3,5-9H2. The largest absolute Gasteiger partial charge is 0.395 e. The molecular weight excluding hydrogens is 292 g/mol. The summed E-state index contributed by atoms with van der Waals surface area (Å²) in [6.07, 6.45) is 3.87. The first-order valence-electron chi connectivity index (χ1n) is 6.77. The van der Waals surface area contributed by atoms with Gasteiger partial charge in [0.2, 0.25) is 10.0 Å². The number of rotatable bonds is 3. The Labute approximate surface area is 124 Å². The molecule has 1 aromatic rings. The molecule has 0 spiro atoms. The topological polar surface area (TPSA) is 79.7 Å². The first-order valence-corrected chi connectivity index (χ1v) is 8.21. The van der Waals surface area contributed by atoms with Gasteiger partial charge in [-0.25, -0.2) is 8.42 Å². The molecule has 1 aromatic heterocycles. The molecule has 114 valence electrons. The fraction of sp³-hybridized carbons (Fsp3) is 0.500. The maximum absolute atomic E-state index is 12.6. The third kappa shape index (κ3) is 4.25. The molecule has 0 atom stereocenters. The van der Waals surface area contributed by atoms with Gasteiger partial charge in [0.25, 0.3) is 0 Å². The minimum Gasteiger partial charge on any atom is -0.395 e. The van der Waals surface area contributed by atoms with Crippen molar-refractivity contribution in [2.24, 2.45) is 0 Å². The number of nitrogens with zero attached hydrogens (tertiary/aromatic N) is 2. The summed E-state index contributed by atoms with van der Waals surface area (Å²) in [5.41, 5.74) is 0.524. The van der Waals surface area contributed by atoms with Gasteiger partial charge in [0.1, 0.15) is 4.90 Å². The second kappa shape index (κ2) is 7.52. The zero-order valence-corrected chi connectivity index (χ0v) is 12.5. The summed E-state index contributed by atoms with van der Waals surface area (Å²) in [5.74, 6) is 5.54. The summed E-state index contributed by atoms with van der Waals surface area (Å²) in [6.45, 7) is 1.76. The van der Waals surface area contributed by atoms with Crippen LogP contribution >= 0.6 is 0 Å². The van der Waals surface area contributed by atoms with Crippen LogP contribution < -0.4 is 0 Å². The minimum atomic E-state index is -3.56. The Morgan fingerprint density at radius 1 is 1.33 bits per heavy atom. The molecule has 0 aliphatic carbocycles. The zero-order valence-electron chi connectivity index (χ0n) is 11.7. The van der Waals surface area contributed by atoms with Crippen LogP contribution in [-0.4, -0.2) is 55.7 Å². The average molecular weight is 310 g/mol. The number of ether oxygens (including phenoxy) is 1. The van der Waals surface area contributed by atoms with Crippen molar-refractivity contribution in [3.63, 3.8) is 0 Å². The maximum atomic E-state index is 12.6. The lowest BCUT2D eigenvalue weighted by Gasteiger charge is -2.19. The molecule has 1 N–H and O–H groups in total. The molecule has 1 saturated heterocycles. The van der Waals surface area contributed by atoms with Crippen molar-refractivity contribution in [2.75, 3.05) is 32.9 Å². The van der Waals surface area contributed by atoms with Gasteiger partial charge in [-0.3, -0.25) is 4.98 Å². The number of aliphatic hydroxyl groups excluding tert-OH is 1. The second-order valence-corrected chi connectivity index (χ2v) is 6.49. The van der Waals surface area contributed by atoms with Gasteiger partial charge in [0.15, 0.2) is 0 Å². The van der Waals surface area contributed by atoms with E-state index >= 15 is 0 Å². The summed E-state index contributed by atoms with van der Waals surface area (Å²) in [7, 11) is -3.56. The Hall–Kier alpha value is -1.46. The highest BCUT2D eigenvalue weighted by molar-refractivity contribution is 7.89. The monoisotopic (exact) mass is 310 g/mol. The van der Waals surface area contributed by atoms with Crippen molar-refractivity contribution in [1.29, 1.82) is 0 Å².